The standard InChI is InChI=1S/C17H20N2O/c1-11-10-16(14(4)13(3)12(11)2)19-17(20)18-15-8-6-5-7-9-15/h5-10H,1-4H3,(H2,18,19,20). The largest absolute Gasteiger partial charge is 0.323 e. The normalized spacial score (nSPS) is 10.2. The molecule has 0 atom stereocenters. The first-order valence-electron chi connectivity index (χ1n) is 6.69. The Morgan fingerprint density at radius 3 is 2.15 bits per heavy atom. The van der Waals surface area contributed by atoms with E-state index in [9.17, 15) is 4.79 Å². The van der Waals surface area contributed by atoms with E-state index in [2.05, 4.69) is 31.4 Å². The van der Waals surface area contributed by atoms with E-state index in [1.165, 1.54) is 16.7 Å². The first-order chi connectivity index (χ1) is 9.49. The lowest BCUT2D eigenvalue weighted by Crippen LogP contribution is -2.20. The minimum atomic E-state index is -0.220. The molecule has 0 fully saturated rings. The second-order valence-electron chi connectivity index (χ2n) is 5.06. The average Bonchev–Trinajstić information content (AvgIpc) is 2.43. The van der Waals surface area contributed by atoms with Crippen LogP contribution >= 0.6 is 0 Å². The van der Waals surface area contributed by atoms with Crippen LogP contribution in [-0.4, -0.2) is 6.03 Å². The number of nitrogens with one attached hydrogen (secondary N) is 2. The molecule has 0 saturated heterocycles. The maximum absolute atomic E-state index is 12.0. The summed E-state index contributed by atoms with van der Waals surface area (Å²) >= 11 is 0. The van der Waals surface area contributed by atoms with Gasteiger partial charge in [-0.2, -0.15) is 0 Å². The number of rotatable bonds is 2. The molecular formula is C17H20N2O. The van der Waals surface area contributed by atoms with Crippen LogP contribution in [0.15, 0.2) is 36.4 Å². The van der Waals surface area contributed by atoms with Gasteiger partial charge in [0.25, 0.3) is 0 Å². The zero-order chi connectivity index (χ0) is 14.7. The van der Waals surface area contributed by atoms with Crippen molar-refractivity contribution in [3.63, 3.8) is 0 Å². The van der Waals surface area contributed by atoms with E-state index in [0.717, 1.165) is 16.9 Å². The minimum Gasteiger partial charge on any atom is -0.308 e. The Bertz CT molecular complexity index is 633. The summed E-state index contributed by atoms with van der Waals surface area (Å²) in [6.45, 7) is 8.27. The SMILES string of the molecule is Cc1cc(NC(=O)Nc2ccccc2)c(C)c(C)c1C. The molecule has 104 valence electrons. The van der Waals surface area contributed by atoms with Crippen LogP contribution in [-0.2, 0) is 0 Å². The molecule has 0 aliphatic heterocycles. The fraction of sp³-hybridized carbons (Fsp3) is 0.235. The van der Waals surface area contributed by atoms with Crippen LogP contribution in [0.2, 0.25) is 0 Å². The van der Waals surface area contributed by atoms with E-state index >= 15 is 0 Å². The maximum atomic E-state index is 12.0. The Morgan fingerprint density at radius 1 is 0.850 bits per heavy atom. The maximum Gasteiger partial charge on any atom is 0.323 e. The lowest BCUT2D eigenvalue weighted by Gasteiger charge is -2.15. The fourth-order valence-corrected chi connectivity index (χ4v) is 2.15. The van der Waals surface area contributed by atoms with Crippen molar-refractivity contribution in [1.82, 2.24) is 0 Å². The number of hydrogen-bond acceptors (Lipinski definition) is 1. The van der Waals surface area contributed by atoms with Gasteiger partial charge < -0.3 is 10.6 Å². The Kier molecular flexibility index (Phi) is 4.08. The summed E-state index contributed by atoms with van der Waals surface area (Å²) < 4.78 is 0. The summed E-state index contributed by atoms with van der Waals surface area (Å²) in [5, 5.41) is 5.74. The van der Waals surface area contributed by atoms with E-state index in [4.69, 9.17) is 0 Å². The van der Waals surface area contributed by atoms with Gasteiger partial charge in [0.2, 0.25) is 0 Å². The molecule has 2 N–H and O–H groups in total. The zero-order valence-electron chi connectivity index (χ0n) is 12.4. The van der Waals surface area contributed by atoms with Gasteiger partial charge in [-0.05, 0) is 68.1 Å². The van der Waals surface area contributed by atoms with E-state index in [1.54, 1.807) is 0 Å². The molecule has 20 heavy (non-hydrogen) atoms. The molecule has 0 heterocycles. The summed E-state index contributed by atoms with van der Waals surface area (Å²) in [4.78, 5) is 12.0. The topological polar surface area (TPSA) is 41.1 Å². The number of para-hydroxylation sites is 1. The molecule has 2 aromatic rings. The highest BCUT2D eigenvalue weighted by Gasteiger charge is 2.09. The predicted molar refractivity (Wildman–Crippen MR) is 84.5 cm³/mol. The summed E-state index contributed by atoms with van der Waals surface area (Å²) in [5.74, 6) is 0. The molecule has 0 aromatic heterocycles. The Hall–Kier alpha value is -2.29. The predicted octanol–water partition coefficient (Wildman–Crippen LogP) is 4.56. The second-order valence-corrected chi connectivity index (χ2v) is 5.06. The lowest BCUT2D eigenvalue weighted by atomic mass is 9.98. The van der Waals surface area contributed by atoms with Gasteiger partial charge in [-0.15, -0.1) is 0 Å². The quantitative estimate of drug-likeness (QED) is 0.823. The number of aryl methyl sites for hydroxylation is 1. The van der Waals surface area contributed by atoms with Crippen LogP contribution in [0.4, 0.5) is 16.2 Å². The van der Waals surface area contributed by atoms with Crippen molar-refractivity contribution in [2.45, 2.75) is 27.7 Å². The van der Waals surface area contributed by atoms with Crippen molar-refractivity contribution < 1.29 is 4.79 Å². The Morgan fingerprint density at radius 2 is 1.50 bits per heavy atom. The molecule has 0 aliphatic carbocycles. The highest BCUT2D eigenvalue weighted by molar-refractivity contribution is 6.00. The van der Waals surface area contributed by atoms with E-state index in [-0.39, 0.29) is 6.03 Å². The van der Waals surface area contributed by atoms with Crippen molar-refractivity contribution in [3.8, 4) is 0 Å². The molecule has 0 unspecified atom stereocenters. The number of hydrogen-bond donors (Lipinski definition) is 2. The molecule has 0 bridgehead atoms. The van der Waals surface area contributed by atoms with Crippen molar-refractivity contribution >= 4 is 17.4 Å². The molecule has 0 spiro atoms. The van der Waals surface area contributed by atoms with E-state index in [0.29, 0.717) is 0 Å². The summed E-state index contributed by atoms with van der Waals surface area (Å²) in [5.41, 5.74) is 6.43. The van der Waals surface area contributed by atoms with Gasteiger partial charge in [-0.3, -0.25) is 0 Å². The molecule has 3 heteroatoms. The number of amides is 2. The molecular weight excluding hydrogens is 248 g/mol. The van der Waals surface area contributed by atoms with Gasteiger partial charge in [-0.1, -0.05) is 18.2 Å². The van der Waals surface area contributed by atoms with E-state index < -0.39 is 0 Å². The zero-order valence-corrected chi connectivity index (χ0v) is 12.4. The molecule has 2 aromatic carbocycles. The third kappa shape index (κ3) is 2.99. The van der Waals surface area contributed by atoms with Crippen molar-refractivity contribution in [1.29, 1.82) is 0 Å². The molecule has 2 amide bonds. The second kappa shape index (κ2) is 5.78. The third-order valence-electron chi connectivity index (χ3n) is 3.76. The first kappa shape index (κ1) is 14.1. The van der Waals surface area contributed by atoms with Crippen molar-refractivity contribution in [2.75, 3.05) is 10.6 Å². The molecule has 0 aliphatic rings. The number of anilines is 2. The third-order valence-corrected chi connectivity index (χ3v) is 3.76. The monoisotopic (exact) mass is 268 g/mol. The van der Waals surface area contributed by atoms with Crippen LogP contribution in [0.5, 0.6) is 0 Å². The van der Waals surface area contributed by atoms with Crippen LogP contribution in [0.1, 0.15) is 22.3 Å². The lowest BCUT2D eigenvalue weighted by molar-refractivity contribution is 0.262. The van der Waals surface area contributed by atoms with Gasteiger partial charge in [0, 0.05) is 11.4 Å². The fourth-order valence-electron chi connectivity index (χ4n) is 2.15. The molecule has 0 saturated carbocycles. The molecule has 2 rings (SSSR count). The summed E-state index contributed by atoms with van der Waals surface area (Å²) in [7, 11) is 0. The van der Waals surface area contributed by atoms with Gasteiger partial charge >= 0.3 is 6.03 Å². The van der Waals surface area contributed by atoms with Crippen LogP contribution < -0.4 is 10.6 Å². The number of carbonyl (C=O) groups excluding carboxylic acids is 1. The highest BCUT2D eigenvalue weighted by atomic mass is 16.2. The number of carbonyl (C=O) groups is 1. The number of benzene rings is 2. The Labute approximate surface area is 120 Å². The van der Waals surface area contributed by atoms with Crippen LogP contribution in [0.25, 0.3) is 0 Å². The highest BCUT2D eigenvalue weighted by Crippen LogP contribution is 2.25. The first-order valence-corrected chi connectivity index (χ1v) is 6.69. The van der Waals surface area contributed by atoms with Gasteiger partial charge in [-0.25, -0.2) is 4.79 Å². The van der Waals surface area contributed by atoms with E-state index in [1.807, 2.05) is 43.3 Å². The van der Waals surface area contributed by atoms with Crippen LogP contribution in [0, 0.1) is 27.7 Å². The van der Waals surface area contributed by atoms with Crippen molar-refractivity contribution in [2.24, 2.45) is 0 Å². The van der Waals surface area contributed by atoms with Gasteiger partial charge in [0.05, 0.1) is 0 Å². The van der Waals surface area contributed by atoms with Crippen LogP contribution in [0.3, 0.4) is 0 Å². The smallest absolute Gasteiger partial charge is 0.308 e. The molecule has 3 nitrogen and oxygen atoms in total. The minimum absolute atomic E-state index is 0.220. The average molecular weight is 268 g/mol. The number of urea groups is 1. The summed E-state index contributed by atoms with van der Waals surface area (Å²) in [6.07, 6.45) is 0. The Balaban J connectivity index is 2.16. The van der Waals surface area contributed by atoms with Gasteiger partial charge in [0.15, 0.2) is 0 Å². The molecule has 0 radical (unpaired) electrons. The van der Waals surface area contributed by atoms with Crippen molar-refractivity contribution in [3.05, 3.63) is 58.7 Å². The van der Waals surface area contributed by atoms with Gasteiger partial charge in [0.1, 0.15) is 0 Å². The summed E-state index contributed by atoms with van der Waals surface area (Å²) in [6, 6.07) is 11.2.